The Morgan fingerprint density at radius 1 is 1.08 bits per heavy atom. The van der Waals surface area contributed by atoms with Gasteiger partial charge in [0.1, 0.15) is 5.82 Å². The van der Waals surface area contributed by atoms with Gasteiger partial charge in [0.25, 0.3) is 5.91 Å². The lowest BCUT2D eigenvalue weighted by atomic mass is 10.0. The zero-order chi connectivity index (χ0) is 18.6. The number of benzene rings is 2. The predicted molar refractivity (Wildman–Crippen MR) is 95.4 cm³/mol. The number of anilines is 1. The van der Waals surface area contributed by atoms with Crippen molar-refractivity contribution in [1.29, 1.82) is 0 Å². The number of esters is 1. The van der Waals surface area contributed by atoms with Crippen LogP contribution in [-0.4, -0.2) is 18.0 Å². The summed E-state index contributed by atoms with van der Waals surface area (Å²) in [4.78, 5) is 24.2. The molecule has 0 saturated heterocycles. The van der Waals surface area contributed by atoms with E-state index in [1.807, 2.05) is 12.1 Å². The quantitative estimate of drug-likeness (QED) is 0.777. The second-order valence-corrected chi connectivity index (χ2v) is 6.34. The third kappa shape index (κ3) is 5.03. The fourth-order valence-corrected chi connectivity index (χ4v) is 2.37. The van der Waals surface area contributed by atoms with Crippen LogP contribution in [0.1, 0.15) is 42.6 Å². The minimum Gasteiger partial charge on any atom is -0.449 e. The number of hydrogen-bond acceptors (Lipinski definition) is 3. The van der Waals surface area contributed by atoms with Gasteiger partial charge < -0.3 is 10.1 Å². The van der Waals surface area contributed by atoms with E-state index in [0.29, 0.717) is 11.6 Å². The molecular weight excluding hydrogens is 345 g/mol. The molecule has 6 heteroatoms. The summed E-state index contributed by atoms with van der Waals surface area (Å²) in [6, 6.07) is 10.8. The van der Waals surface area contributed by atoms with Crippen LogP contribution >= 0.6 is 11.6 Å². The van der Waals surface area contributed by atoms with Gasteiger partial charge in [-0.3, -0.25) is 4.79 Å². The Labute approximate surface area is 150 Å². The molecule has 25 heavy (non-hydrogen) atoms. The Kier molecular flexibility index (Phi) is 6.15. The number of carbonyl (C=O) groups is 2. The molecule has 1 N–H and O–H groups in total. The fraction of sp³-hybridized carbons (Fsp3) is 0.263. The fourth-order valence-electron chi connectivity index (χ4n) is 2.13. The molecule has 0 fully saturated rings. The van der Waals surface area contributed by atoms with Crippen molar-refractivity contribution >= 4 is 29.2 Å². The van der Waals surface area contributed by atoms with Gasteiger partial charge in [0.15, 0.2) is 6.10 Å². The van der Waals surface area contributed by atoms with Crippen LogP contribution in [0, 0.1) is 5.82 Å². The highest BCUT2D eigenvalue weighted by Gasteiger charge is 2.21. The van der Waals surface area contributed by atoms with Crippen LogP contribution in [0.5, 0.6) is 0 Å². The van der Waals surface area contributed by atoms with Gasteiger partial charge in [0.05, 0.1) is 10.6 Å². The third-order valence-electron chi connectivity index (χ3n) is 3.65. The third-order valence-corrected chi connectivity index (χ3v) is 3.96. The van der Waals surface area contributed by atoms with Gasteiger partial charge in [-0.15, -0.1) is 0 Å². The largest absolute Gasteiger partial charge is 0.449 e. The van der Waals surface area contributed by atoms with E-state index >= 15 is 0 Å². The summed E-state index contributed by atoms with van der Waals surface area (Å²) in [5, 5.41) is 2.61. The summed E-state index contributed by atoms with van der Waals surface area (Å²) in [6.45, 7) is 5.61. The lowest BCUT2D eigenvalue weighted by Crippen LogP contribution is -2.30. The predicted octanol–water partition coefficient (Wildman–Crippen LogP) is 4.79. The molecule has 4 nitrogen and oxygen atoms in total. The molecule has 0 bridgehead atoms. The maximum atomic E-state index is 13.0. The monoisotopic (exact) mass is 363 g/mol. The number of rotatable bonds is 5. The van der Waals surface area contributed by atoms with Gasteiger partial charge in [-0.25, -0.2) is 9.18 Å². The topological polar surface area (TPSA) is 55.4 Å². The standard InChI is InChI=1S/C19H19ClFNO3/c1-11(2)13-4-7-15(8-5-13)22-18(23)12(3)25-19(24)16-9-6-14(21)10-17(16)20/h4-12H,1-3H3,(H,22,23). The van der Waals surface area contributed by atoms with Crippen molar-refractivity contribution in [2.24, 2.45) is 0 Å². The number of nitrogens with one attached hydrogen (secondary N) is 1. The molecule has 0 heterocycles. The molecule has 0 radical (unpaired) electrons. The van der Waals surface area contributed by atoms with Gasteiger partial charge in [-0.2, -0.15) is 0 Å². The van der Waals surface area contributed by atoms with Crippen LogP contribution in [0.2, 0.25) is 5.02 Å². The van der Waals surface area contributed by atoms with Gasteiger partial charge in [0, 0.05) is 5.69 Å². The van der Waals surface area contributed by atoms with Crippen LogP contribution in [0.25, 0.3) is 0 Å². The van der Waals surface area contributed by atoms with E-state index in [2.05, 4.69) is 19.2 Å². The summed E-state index contributed by atoms with van der Waals surface area (Å²) < 4.78 is 18.1. The summed E-state index contributed by atoms with van der Waals surface area (Å²) in [6.07, 6.45) is -1.03. The van der Waals surface area contributed by atoms with Crippen LogP contribution < -0.4 is 5.32 Å². The first-order valence-electron chi connectivity index (χ1n) is 7.84. The van der Waals surface area contributed by atoms with E-state index in [1.165, 1.54) is 13.0 Å². The zero-order valence-electron chi connectivity index (χ0n) is 14.2. The van der Waals surface area contributed by atoms with E-state index in [-0.39, 0.29) is 10.6 Å². The second-order valence-electron chi connectivity index (χ2n) is 5.94. The average Bonchev–Trinajstić information content (AvgIpc) is 2.55. The lowest BCUT2D eigenvalue weighted by molar-refractivity contribution is -0.123. The molecule has 0 aromatic heterocycles. The average molecular weight is 364 g/mol. The van der Waals surface area contributed by atoms with Crippen LogP contribution in [-0.2, 0) is 9.53 Å². The van der Waals surface area contributed by atoms with Crippen molar-refractivity contribution in [3.05, 3.63) is 64.4 Å². The normalized spacial score (nSPS) is 11.9. The minimum atomic E-state index is -1.03. The summed E-state index contributed by atoms with van der Waals surface area (Å²) in [5.74, 6) is -1.42. The van der Waals surface area contributed by atoms with Crippen LogP contribution in [0.15, 0.2) is 42.5 Å². The van der Waals surface area contributed by atoms with Crippen molar-refractivity contribution in [2.45, 2.75) is 32.8 Å². The molecule has 0 aliphatic rings. The highest BCUT2D eigenvalue weighted by atomic mass is 35.5. The van der Waals surface area contributed by atoms with Gasteiger partial charge in [-0.1, -0.05) is 37.6 Å². The van der Waals surface area contributed by atoms with Crippen molar-refractivity contribution in [2.75, 3.05) is 5.32 Å². The summed E-state index contributed by atoms with van der Waals surface area (Å²) in [7, 11) is 0. The first-order chi connectivity index (χ1) is 11.8. The molecule has 0 saturated carbocycles. The van der Waals surface area contributed by atoms with Crippen molar-refractivity contribution < 1.29 is 18.7 Å². The molecule has 0 aliphatic carbocycles. The smallest absolute Gasteiger partial charge is 0.340 e. The van der Waals surface area contributed by atoms with E-state index < -0.39 is 23.8 Å². The molecule has 1 atom stereocenters. The Bertz CT molecular complexity index is 775. The first kappa shape index (κ1) is 18.9. The number of halogens is 2. The first-order valence-corrected chi connectivity index (χ1v) is 8.22. The highest BCUT2D eigenvalue weighted by molar-refractivity contribution is 6.33. The molecule has 2 aromatic carbocycles. The SMILES string of the molecule is CC(OC(=O)c1ccc(F)cc1Cl)C(=O)Nc1ccc(C(C)C)cc1. The van der Waals surface area contributed by atoms with Crippen molar-refractivity contribution in [1.82, 2.24) is 0 Å². The maximum absolute atomic E-state index is 13.0. The van der Waals surface area contributed by atoms with E-state index in [1.54, 1.807) is 12.1 Å². The lowest BCUT2D eigenvalue weighted by Gasteiger charge is -2.14. The van der Waals surface area contributed by atoms with E-state index in [0.717, 1.165) is 17.7 Å². The zero-order valence-corrected chi connectivity index (χ0v) is 14.9. The van der Waals surface area contributed by atoms with Crippen molar-refractivity contribution in [3.8, 4) is 0 Å². The second kappa shape index (κ2) is 8.12. The van der Waals surface area contributed by atoms with E-state index in [4.69, 9.17) is 16.3 Å². The Hall–Kier alpha value is -2.40. The molecular formula is C19H19ClFNO3. The molecule has 1 unspecified atom stereocenters. The number of amides is 1. The summed E-state index contributed by atoms with van der Waals surface area (Å²) in [5.41, 5.74) is 1.77. The molecule has 2 rings (SSSR count). The van der Waals surface area contributed by atoms with Gasteiger partial charge >= 0.3 is 5.97 Å². The number of carbonyl (C=O) groups excluding carboxylic acids is 2. The molecule has 0 aliphatic heterocycles. The van der Waals surface area contributed by atoms with Gasteiger partial charge in [-0.05, 0) is 48.7 Å². The van der Waals surface area contributed by atoms with Gasteiger partial charge in [0.2, 0.25) is 0 Å². The molecule has 2 aromatic rings. The number of ether oxygens (including phenoxy) is 1. The van der Waals surface area contributed by atoms with Crippen molar-refractivity contribution in [3.63, 3.8) is 0 Å². The minimum absolute atomic E-state index is 0.00371. The Morgan fingerprint density at radius 3 is 2.28 bits per heavy atom. The maximum Gasteiger partial charge on any atom is 0.340 e. The number of hydrogen-bond donors (Lipinski definition) is 1. The van der Waals surface area contributed by atoms with Crippen LogP contribution in [0.3, 0.4) is 0 Å². The van der Waals surface area contributed by atoms with Crippen LogP contribution in [0.4, 0.5) is 10.1 Å². The molecule has 1 amide bonds. The Morgan fingerprint density at radius 2 is 1.72 bits per heavy atom. The summed E-state index contributed by atoms with van der Waals surface area (Å²) >= 11 is 5.82. The highest BCUT2D eigenvalue weighted by Crippen LogP contribution is 2.20. The Balaban J connectivity index is 1.98. The molecule has 132 valence electrons. The molecule has 0 spiro atoms. The van der Waals surface area contributed by atoms with E-state index in [9.17, 15) is 14.0 Å².